The van der Waals surface area contributed by atoms with E-state index in [1.165, 1.54) is 19.3 Å². The van der Waals surface area contributed by atoms with E-state index in [1.807, 2.05) is 35.0 Å². The number of para-hydroxylation sites is 1. The third kappa shape index (κ3) is 5.09. The van der Waals surface area contributed by atoms with Gasteiger partial charge in [-0.15, -0.1) is 22.7 Å². The molecular weight excluding hydrogens is 414 g/mol. The van der Waals surface area contributed by atoms with Crippen molar-refractivity contribution in [3.05, 3.63) is 58.4 Å². The Morgan fingerprint density at radius 3 is 2.77 bits per heavy atom. The van der Waals surface area contributed by atoms with Gasteiger partial charge in [-0.1, -0.05) is 30.7 Å². The number of hydrogen-bond donors (Lipinski definition) is 1. The first-order valence-electron chi connectivity index (χ1n) is 10.4. The molecule has 1 aliphatic rings. The zero-order valence-corrected chi connectivity index (χ0v) is 18.8. The summed E-state index contributed by atoms with van der Waals surface area (Å²) in [6.45, 7) is 2.67. The van der Waals surface area contributed by atoms with Gasteiger partial charge >= 0.3 is 0 Å². The van der Waals surface area contributed by atoms with E-state index < -0.39 is 0 Å². The molecular formula is C23H27N3O2S2. The second-order valence-electron chi connectivity index (χ2n) is 7.46. The lowest BCUT2D eigenvalue weighted by Gasteiger charge is -2.35. The molecule has 158 valence electrons. The van der Waals surface area contributed by atoms with E-state index in [2.05, 4.69) is 27.3 Å². The third-order valence-corrected chi connectivity index (χ3v) is 7.38. The molecule has 3 aromatic rings. The number of nitrogens with zero attached hydrogens (tertiary/aromatic N) is 2. The lowest BCUT2D eigenvalue weighted by molar-refractivity contribution is -0.120. The van der Waals surface area contributed by atoms with Crippen LogP contribution in [0, 0.1) is 0 Å². The predicted octanol–water partition coefficient (Wildman–Crippen LogP) is 4.77. The van der Waals surface area contributed by atoms with Gasteiger partial charge in [-0.3, -0.25) is 9.69 Å². The van der Waals surface area contributed by atoms with E-state index in [9.17, 15) is 4.79 Å². The Morgan fingerprint density at radius 1 is 1.17 bits per heavy atom. The fourth-order valence-corrected chi connectivity index (χ4v) is 5.58. The summed E-state index contributed by atoms with van der Waals surface area (Å²) in [7, 11) is 1.71. The second kappa shape index (κ2) is 10.2. The van der Waals surface area contributed by atoms with Crippen LogP contribution in [-0.2, 0) is 11.2 Å². The zero-order chi connectivity index (χ0) is 20.8. The highest BCUT2D eigenvalue weighted by atomic mass is 32.1. The van der Waals surface area contributed by atoms with Gasteiger partial charge in [0.2, 0.25) is 5.91 Å². The molecule has 0 spiro atoms. The Kier molecular flexibility index (Phi) is 7.15. The first-order chi connectivity index (χ1) is 14.7. The number of aromatic nitrogens is 1. The molecule has 1 saturated heterocycles. The van der Waals surface area contributed by atoms with E-state index in [4.69, 9.17) is 4.74 Å². The first-order valence-corrected chi connectivity index (χ1v) is 12.1. The predicted molar refractivity (Wildman–Crippen MR) is 123 cm³/mol. The SMILES string of the molecule is COc1ccccc1C(CNC(=O)Cc1csc(-c2cccs2)n1)N1CCCCC1. The Labute approximate surface area is 185 Å². The molecule has 0 saturated carbocycles. The third-order valence-electron chi connectivity index (χ3n) is 5.45. The van der Waals surface area contributed by atoms with Crippen LogP contribution >= 0.6 is 22.7 Å². The van der Waals surface area contributed by atoms with Crippen LogP contribution in [0.5, 0.6) is 5.75 Å². The summed E-state index contributed by atoms with van der Waals surface area (Å²) in [4.78, 5) is 20.9. The Hall–Kier alpha value is -2.22. The molecule has 1 aromatic carbocycles. The van der Waals surface area contributed by atoms with Gasteiger partial charge in [-0.2, -0.15) is 0 Å². The van der Waals surface area contributed by atoms with Crippen molar-refractivity contribution in [2.45, 2.75) is 31.7 Å². The molecule has 1 unspecified atom stereocenters. The van der Waals surface area contributed by atoms with Crippen molar-refractivity contribution in [3.63, 3.8) is 0 Å². The van der Waals surface area contributed by atoms with Gasteiger partial charge in [-0.05, 0) is 43.4 Å². The molecule has 2 aromatic heterocycles. The van der Waals surface area contributed by atoms with Crippen molar-refractivity contribution in [2.75, 3.05) is 26.7 Å². The molecule has 3 heterocycles. The minimum Gasteiger partial charge on any atom is -0.496 e. The minimum atomic E-state index is 0.00920. The second-order valence-corrected chi connectivity index (χ2v) is 9.26. The van der Waals surface area contributed by atoms with Crippen LogP contribution in [0.3, 0.4) is 0 Å². The standard InChI is InChI=1S/C23H27N3O2S2/c1-28-20-9-4-3-8-18(20)19(26-11-5-2-6-12-26)15-24-22(27)14-17-16-30-23(25-17)21-10-7-13-29-21/h3-4,7-10,13,16,19H,2,5-6,11-12,14-15H2,1H3,(H,24,27). The topological polar surface area (TPSA) is 54.5 Å². The maximum Gasteiger partial charge on any atom is 0.226 e. The van der Waals surface area contributed by atoms with E-state index in [0.29, 0.717) is 13.0 Å². The van der Waals surface area contributed by atoms with Crippen molar-refractivity contribution in [1.29, 1.82) is 0 Å². The van der Waals surface area contributed by atoms with Crippen LogP contribution in [0.1, 0.15) is 36.6 Å². The minimum absolute atomic E-state index is 0.00920. The number of carbonyl (C=O) groups is 1. The maximum atomic E-state index is 12.7. The van der Waals surface area contributed by atoms with E-state index in [1.54, 1.807) is 29.8 Å². The lowest BCUT2D eigenvalue weighted by atomic mass is 10.0. The molecule has 30 heavy (non-hydrogen) atoms. The Balaban J connectivity index is 1.42. The molecule has 7 heteroatoms. The number of thiophene rings is 1. The molecule has 5 nitrogen and oxygen atoms in total. The summed E-state index contributed by atoms with van der Waals surface area (Å²) in [5, 5.41) is 8.16. The van der Waals surface area contributed by atoms with Crippen molar-refractivity contribution in [1.82, 2.24) is 15.2 Å². The summed E-state index contributed by atoms with van der Waals surface area (Å²) in [5.41, 5.74) is 1.96. The van der Waals surface area contributed by atoms with Gasteiger partial charge in [0.25, 0.3) is 0 Å². The van der Waals surface area contributed by atoms with Gasteiger partial charge < -0.3 is 10.1 Å². The molecule has 1 amide bonds. The number of carbonyl (C=O) groups excluding carboxylic acids is 1. The summed E-state index contributed by atoms with van der Waals surface area (Å²) in [5.74, 6) is 0.886. The van der Waals surface area contributed by atoms with Crippen molar-refractivity contribution < 1.29 is 9.53 Å². The average molecular weight is 442 g/mol. The van der Waals surface area contributed by atoms with Crippen LogP contribution in [0.4, 0.5) is 0 Å². The van der Waals surface area contributed by atoms with Gasteiger partial charge in [0.15, 0.2) is 0 Å². The van der Waals surface area contributed by atoms with Gasteiger partial charge in [0.05, 0.1) is 30.1 Å². The van der Waals surface area contributed by atoms with Crippen LogP contribution < -0.4 is 10.1 Å². The quantitative estimate of drug-likeness (QED) is 0.547. The normalized spacial score (nSPS) is 15.6. The average Bonchev–Trinajstić information content (AvgIpc) is 3.47. The fourth-order valence-electron chi connectivity index (χ4n) is 3.95. The zero-order valence-electron chi connectivity index (χ0n) is 17.2. The molecule has 0 bridgehead atoms. The molecule has 0 aliphatic carbocycles. The summed E-state index contributed by atoms with van der Waals surface area (Å²) in [6.07, 6.45) is 3.98. The van der Waals surface area contributed by atoms with Crippen LogP contribution in [0.2, 0.25) is 0 Å². The number of thiazole rings is 1. The van der Waals surface area contributed by atoms with E-state index in [0.717, 1.165) is 40.0 Å². The number of amides is 1. The number of ether oxygens (including phenoxy) is 1. The van der Waals surface area contributed by atoms with Crippen molar-refractivity contribution >= 4 is 28.6 Å². The number of methoxy groups -OCH3 is 1. The van der Waals surface area contributed by atoms with Gasteiger partial charge in [-0.25, -0.2) is 4.98 Å². The maximum absolute atomic E-state index is 12.7. The monoisotopic (exact) mass is 441 g/mol. The molecule has 1 aliphatic heterocycles. The molecule has 0 radical (unpaired) electrons. The number of rotatable bonds is 8. The molecule has 1 atom stereocenters. The number of nitrogens with one attached hydrogen (secondary N) is 1. The van der Waals surface area contributed by atoms with Crippen molar-refractivity contribution in [3.8, 4) is 15.6 Å². The Bertz CT molecular complexity index is 949. The van der Waals surface area contributed by atoms with E-state index >= 15 is 0 Å². The molecule has 4 rings (SSSR count). The molecule has 1 N–H and O–H groups in total. The highest BCUT2D eigenvalue weighted by Crippen LogP contribution is 2.31. The van der Waals surface area contributed by atoms with Crippen LogP contribution in [-0.4, -0.2) is 42.5 Å². The summed E-state index contributed by atoms with van der Waals surface area (Å²) in [6, 6.07) is 12.3. The van der Waals surface area contributed by atoms with Gasteiger partial charge in [0, 0.05) is 17.5 Å². The van der Waals surface area contributed by atoms with Crippen LogP contribution in [0.15, 0.2) is 47.2 Å². The molecule has 1 fully saturated rings. The summed E-state index contributed by atoms with van der Waals surface area (Å²) < 4.78 is 5.61. The lowest BCUT2D eigenvalue weighted by Crippen LogP contribution is -2.41. The van der Waals surface area contributed by atoms with Crippen LogP contribution in [0.25, 0.3) is 9.88 Å². The number of hydrogen-bond acceptors (Lipinski definition) is 6. The largest absolute Gasteiger partial charge is 0.496 e. The number of benzene rings is 1. The highest BCUT2D eigenvalue weighted by molar-refractivity contribution is 7.20. The van der Waals surface area contributed by atoms with E-state index in [-0.39, 0.29) is 11.9 Å². The highest BCUT2D eigenvalue weighted by Gasteiger charge is 2.25. The Morgan fingerprint density at radius 2 is 2.00 bits per heavy atom. The smallest absolute Gasteiger partial charge is 0.226 e. The fraction of sp³-hybridized carbons (Fsp3) is 0.391. The van der Waals surface area contributed by atoms with Gasteiger partial charge in [0.1, 0.15) is 10.8 Å². The first kappa shape index (κ1) is 21.0. The number of likely N-dealkylation sites (tertiary alicyclic amines) is 1. The number of piperidine rings is 1. The summed E-state index contributed by atoms with van der Waals surface area (Å²) >= 11 is 3.26. The van der Waals surface area contributed by atoms with Crippen molar-refractivity contribution in [2.24, 2.45) is 0 Å².